The second-order valence-electron chi connectivity index (χ2n) is 5.63. The number of carbonyl (C=O) groups is 1. The molecule has 0 aliphatic rings. The number of carboxylic acid groups (broad SMARTS) is 1. The molecule has 3 aromatic carbocycles. The van der Waals surface area contributed by atoms with Crippen LogP contribution in [0.15, 0.2) is 71.6 Å². The van der Waals surface area contributed by atoms with E-state index < -0.39 is 27.6 Å². The van der Waals surface area contributed by atoms with Gasteiger partial charge in [-0.25, -0.2) is 22.0 Å². The Morgan fingerprint density at radius 1 is 0.893 bits per heavy atom. The van der Waals surface area contributed by atoms with Crippen LogP contribution in [0.1, 0.15) is 10.4 Å². The molecule has 2 N–H and O–H groups in total. The standard InChI is InChI=1S/C19H13F2NO5S/c20-13-3-6-15(7-4-13)27-18-10-5-14(21)11-17(18)22-28(25,26)16-8-1-12(2-9-16)19(23)24/h1-11,22H,(H,23,24). The van der Waals surface area contributed by atoms with Crippen molar-refractivity contribution < 1.29 is 31.8 Å². The Morgan fingerprint density at radius 2 is 1.50 bits per heavy atom. The molecular formula is C19H13F2NO5S. The number of sulfonamides is 1. The Kier molecular flexibility index (Phi) is 5.27. The van der Waals surface area contributed by atoms with E-state index in [1.807, 2.05) is 0 Å². The number of ether oxygens (including phenoxy) is 1. The van der Waals surface area contributed by atoms with Crippen molar-refractivity contribution in [2.24, 2.45) is 0 Å². The summed E-state index contributed by atoms with van der Waals surface area (Å²) in [5.74, 6) is -2.16. The van der Waals surface area contributed by atoms with Crippen molar-refractivity contribution in [2.75, 3.05) is 4.72 Å². The molecule has 0 atom stereocenters. The smallest absolute Gasteiger partial charge is 0.335 e. The molecule has 144 valence electrons. The van der Waals surface area contributed by atoms with Crippen molar-refractivity contribution >= 4 is 21.7 Å². The van der Waals surface area contributed by atoms with Gasteiger partial charge in [0, 0.05) is 6.07 Å². The zero-order chi connectivity index (χ0) is 20.3. The van der Waals surface area contributed by atoms with E-state index >= 15 is 0 Å². The van der Waals surface area contributed by atoms with Gasteiger partial charge in [0.05, 0.1) is 16.1 Å². The van der Waals surface area contributed by atoms with Crippen LogP contribution in [0, 0.1) is 11.6 Å². The van der Waals surface area contributed by atoms with Crippen molar-refractivity contribution in [3.05, 3.63) is 83.9 Å². The Balaban J connectivity index is 1.91. The summed E-state index contributed by atoms with van der Waals surface area (Å²) in [4.78, 5) is 10.7. The summed E-state index contributed by atoms with van der Waals surface area (Å²) in [6.07, 6.45) is 0. The SMILES string of the molecule is O=C(O)c1ccc(S(=O)(=O)Nc2cc(F)ccc2Oc2ccc(F)cc2)cc1. The zero-order valence-electron chi connectivity index (χ0n) is 14.1. The summed E-state index contributed by atoms with van der Waals surface area (Å²) in [7, 11) is -4.14. The van der Waals surface area contributed by atoms with E-state index in [9.17, 15) is 22.0 Å². The van der Waals surface area contributed by atoms with Gasteiger partial charge in [-0.2, -0.15) is 0 Å². The summed E-state index contributed by atoms with van der Waals surface area (Å²) in [6, 6.07) is 12.7. The number of halogens is 2. The molecule has 0 aromatic heterocycles. The summed E-state index contributed by atoms with van der Waals surface area (Å²) >= 11 is 0. The number of benzene rings is 3. The molecule has 0 aliphatic heterocycles. The minimum absolute atomic E-state index is 0.00117. The number of carboxylic acids is 1. The molecule has 0 fully saturated rings. The van der Waals surface area contributed by atoms with E-state index in [4.69, 9.17) is 9.84 Å². The molecule has 0 heterocycles. The maximum atomic E-state index is 13.7. The van der Waals surface area contributed by atoms with Crippen LogP contribution in [0.25, 0.3) is 0 Å². The molecular weight excluding hydrogens is 392 g/mol. The highest BCUT2D eigenvalue weighted by Gasteiger charge is 2.18. The average molecular weight is 405 g/mol. The van der Waals surface area contributed by atoms with Crippen LogP contribution in [-0.2, 0) is 10.0 Å². The molecule has 9 heteroatoms. The van der Waals surface area contributed by atoms with Crippen molar-refractivity contribution in [1.29, 1.82) is 0 Å². The topological polar surface area (TPSA) is 92.7 Å². The fourth-order valence-electron chi connectivity index (χ4n) is 2.28. The van der Waals surface area contributed by atoms with Gasteiger partial charge in [0.1, 0.15) is 17.4 Å². The monoisotopic (exact) mass is 405 g/mol. The van der Waals surface area contributed by atoms with E-state index in [-0.39, 0.29) is 27.6 Å². The lowest BCUT2D eigenvalue weighted by molar-refractivity contribution is 0.0696. The van der Waals surface area contributed by atoms with Crippen molar-refractivity contribution in [3.63, 3.8) is 0 Å². The highest BCUT2D eigenvalue weighted by Crippen LogP contribution is 2.32. The molecule has 3 rings (SSSR count). The van der Waals surface area contributed by atoms with E-state index in [2.05, 4.69) is 4.72 Å². The largest absolute Gasteiger partial charge is 0.478 e. The minimum Gasteiger partial charge on any atom is -0.478 e. The molecule has 0 aliphatic carbocycles. The lowest BCUT2D eigenvalue weighted by Gasteiger charge is -2.14. The quantitative estimate of drug-likeness (QED) is 0.639. The third-order valence-electron chi connectivity index (χ3n) is 3.64. The van der Waals surface area contributed by atoms with Crippen LogP contribution >= 0.6 is 0 Å². The van der Waals surface area contributed by atoms with Gasteiger partial charge in [-0.3, -0.25) is 4.72 Å². The first-order chi connectivity index (χ1) is 13.2. The molecule has 0 amide bonds. The Morgan fingerprint density at radius 3 is 2.11 bits per heavy atom. The second kappa shape index (κ2) is 7.65. The predicted octanol–water partition coefficient (Wildman–Crippen LogP) is 4.26. The molecule has 0 radical (unpaired) electrons. The van der Waals surface area contributed by atoms with Gasteiger partial charge < -0.3 is 9.84 Å². The minimum atomic E-state index is -4.14. The number of nitrogens with one attached hydrogen (secondary N) is 1. The van der Waals surface area contributed by atoms with E-state index in [1.54, 1.807) is 0 Å². The van der Waals surface area contributed by atoms with Crippen molar-refractivity contribution in [2.45, 2.75) is 4.90 Å². The first kappa shape index (κ1) is 19.3. The van der Waals surface area contributed by atoms with Crippen molar-refractivity contribution in [1.82, 2.24) is 0 Å². The molecule has 0 saturated heterocycles. The van der Waals surface area contributed by atoms with Gasteiger partial charge >= 0.3 is 5.97 Å². The molecule has 0 spiro atoms. The maximum absolute atomic E-state index is 13.7. The second-order valence-corrected chi connectivity index (χ2v) is 7.31. The number of rotatable bonds is 6. The van der Waals surface area contributed by atoms with Gasteiger partial charge in [-0.05, 0) is 60.7 Å². The van der Waals surface area contributed by atoms with Gasteiger partial charge in [-0.15, -0.1) is 0 Å². The fraction of sp³-hybridized carbons (Fsp3) is 0. The highest BCUT2D eigenvalue weighted by molar-refractivity contribution is 7.92. The number of aromatic carboxylic acids is 1. The van der Waals surface area contributed by atoms with Crippen LogP contribution in [0.3, 0.4) is 0 Å². The van der Waals surface area contributed by atoms with Gasteiger partial charge in [-0.1, -0.05) is 0 Å². The summed E-state index contributed by atoms with van der Waals surface area (Å²) in [6.45, 7) is 0. The number of anilines is 1. The van der Waals surface area contributed by atoms with E-state index in [1.165, 1.54) is 18.2 Å². The maximum Gasteiger partial charge on any atom is 0.335 e. The van der Waals surface area contributed by atoms with E-state index in [0.717, 1.165) is 48.5 Å². The Labute approximate surface area is 159 Å². The molecule has 28 heavy (non-hydrogen) atoms. The first-order valence-corrected chi connectivity index (χ1v) is 9.32. The molecule has 0 unspecified atom stereocenters. The molecule has 3 aromatic rings. The highest BCUT2D eigenvalue weighted by atomic mass is 32.2. The van der Waals surface area contributed by atoms with Gasteiger partial charge in [0.15, 0.2) is 5.75 Å². The fourth-order valence-corrected chi connectivity index (χ4v) is 3.34. The third-order valence-corrected chi connectivity index (χ3v) is 5.02. The predicted molar refractivity (Wildman–Crippen MR) is 97.1 cm³/mol. The number of hydrogen-bond acceptors (Lipinski definition) is 4. The molecule has 0 saturated carbocycles. The van der Waals surface area contributed by atoms with Crippen LogP contribution in [0.4, 0.5) is 14.5 Å². The van der Waals surface area contributed by atoms with Crippen LogP contribution in [0.2, 0.25) is 0 Å². The van der Waals surface area contributed by atoms with Gasteiger partial charge in [0.25, 0.3) is 10.0 Å². The van der Waals surface area contributed by atoms with Crippen molar-refractivity contribution in [3.8, 4) is 11.5 Å². The first-order valence-electron chi connectivity index (χ1n) is 7.84. The number of hydrogen-bond donors (Lipinski definition) is 2. The Bertz CT molecular complexity index is 1110. The molecule has 0 bridgehead atoms. The summed E-state index contributed by atoms with van der Waals surface area (Å²) < 4.78 is 59.5. The summed E-state index contributed by atoms with van der Waals surface area (Å²) in [5, 5.41) is 8.89. The third kappa shape index (κ3) is 4.44. The summed E-state index contributed by atoms with van der Waals surface area (Å²) in [5.41, 5.74) is -0.253. The van der Waals surface area contributed by atoms with Crippen LogP contribution in [-0.4, -0.2) is 19.5 Å². The Hall–Kier alpha value is -3.46. The van der Waals surface area contributed by atoms with E-state index in [0.29, 0.717) is 0 Å². The lowest BCUT2D eigenvalue weighted by Crippen LogP contribution is -2.14. The van der Waals surface area contributed by atoms with Crippen LogP contribution < -0.4 is 9.46 Å². The lowest BCUT2D eigenvalue weighted by atomic mass is 10.2. The average Bonchev–Trinajstić information content (AvgIpc) is 2.65. The van der Waals surface area contributed by atoms with Crippen LogP contribution in [0.5, 0.6) is 11.5 Å². The normalized spacial score (nSPS) is 11.1. The molecule has 6 nitrogen and oxygen atoms in total. The van der Waals surface area contributed by atoms with Gasteiger partial charge in [0.2, 0.25) is 0 Å². The zero-order valence-corrected chi connectivity index (χ0v) is 14.9.